The molecule has 0 aromatic heterocycles. The Morgan fingerprint density at radius 3 is 2.95 bits per heavy atom. The summed E-state index contributed by atoms with van der Waals surface area (Å²) in [5, 5.41) is 3.80. The summed E-state index contributed by atoms with van der Waals surface area (Å²) >= 11 is 0. The van der Waals surface area contributed by atoms with E-state index in [-0.39, 0.29) is 0 Å². The third kappa shape index (κ3) is 3.32. The van der Waals surface area contributed by atoms with Gasteiger partial charge < -0.3 is 10.1 Å². The van der Waals surface area contributed by atoms with Gasteiger partial charge in [-0.2, -0.15) is 0 Å². The van der Waals surface area contributed by atoms with E-state index in [1.807, 2.05) is 6.26 Å². The maximum Gasteiger partial charge on any atom is 0.0876 e. The van der Waals surface area contributed by atoms with Crippen molar-refractivity contribution in [2.24, 2.45) is 0 Å². The maximum atomic E-state index is 5.62. The predicted octanol–water partition coefficient (Wildman–Crippen LogP) is 4.17. The number of nitrogens with one attached hydrogen (secondary N) is 1. The Balaban J connectivity index is 1.87. The van der Waals surface area contributed by atoms with Crippen LogP contribution in [0.25, 0.3) is 0 Å². The number of aryl methyl sites for hydroxylation is 1. The van der Waals surface area contributed by atoms with Gasteiger partial charge in [0, 0.05) is 12.0 Å². The van der Waals surface area contributed by atoms with Crippen LogP contribution in [0.1, 0.15) is 56.1 Å². The summed E-state index contributed by atoms with van der Waals surface area (Å²) < 4.78 is 5.62. The molecule has 1 aromatic carbocycles. The highest BCUT2D eigenvalue weighted by atomic mass is 16.5. The molecular weight excluding hydrogens is 258 g/mol. The molecule has 0 radical (unpaired) electrons. The van der Waals surface area contributed by atoms with Crippen molar-refractivity contribution in [2.75, 3.05) is 13.2 Å². The van der Waals surface area contributed by atoms with Gasteiger partial charge in [0.1, 0.15) is 0 Å². The van der Waals surface area contributed by atoms with E-state index in [0.29, 0.717) is 12.0 Å². The van der Waals surface area contributed by atoms with Gasteiger partial charge in [0.15, 0.2) is 0 Å². The van der Waals surface area contributed by atoms with Crippen LogP contribution in [0, 0.1) is 0 Å². The Hall–Kier alpha value is -1.28. The van der Waals surface area contributed by atoms with Gasteiger partial charge in [-0.25, -0.2) is 0 Å². The summed E-state index contributed by atoms with van der Waals surface area (Å²) in [4.78, 5) is 0. The van der Waals surface area contributed by atoms with Crippen LogP contribution in [-0.4, -0.2) is 19.2 Å². The molecule has 0 amide bonds. The zero-order chi connectivity index (χ0) is 14.5. The summed E-state index contributed by atoms with van der Waals surface area (Å²) in [6.07, 6.45) is 9.39. The van der Waals surface area contributed by atoms with E-state index in [1.165, 1.54) is 37.7 Å². The van der Waals surface area contributed by atoms with Crippen molar-refractivity contribution in [2.45, 2.75) is 57.4 Å². The summed E-state index contributed by atoms with van der Waals surface area (Å²) in [5.41, 5.74) is 4.58. The lowest BCUT2D eigenvalue weighted by atomic mass is 9.76. The van der Waals surface area contributed by atoms with Gasteiger partial charge in [-0.1, -0.05) is 31.2 Å². The van der Waals surface area contributed by atoms with Crippen LogP contribution in [0.5, 0.6) is 0 Å². The van der Waals surface area contributed by atoms with Crippen molar-refractivity contribution in [1.82, 2.24) is 5.32 Å². The number of hydrogen-bond donors (Lipinski definition) is 1. The molecule has 21 heavy (non-hydrogen) atoms. The fourth-order valence-electron chi connectivity index (χ4n) is 3.78. The largest absolute Gasteiger partial charge is 0.501 e. The highest BCUT2D eigenvalue weighted by Gasteiger charge is 2.30. The summed E-state index contributed by atoms with van der Waals surface area (Å²) in [6, 6.07) is 9.47. The SMILES string of the molecule is CCCNC(C1=COCCC1)C1CCCc2ccccc21. The highest BCUT2D eigenvalue weighted by molar-refractivity contribution is 5.36. The summed E-state index contributed by atoms with van der Waals surface area (Å²) in [6.45, 7) is 4.20. The topological polar surface area (TPSA) is 21.3 Å². The van der Waals surface area contributed by atoms with E-state index in [9.17, 15) is 0 Å². The second kappa shape index (κ2) is 7.13. The fraction of sp³-hybridized carbons (Fsp3) is 0.579. The second-order valence-electron chi connectivity index (χ2n) is 6.30. The molecule has 2 nitrogen and oxygen atoms in total. The Morgan fingerprint density at radius 2 is 2.14 bits per heavy atom. The third-order valence-electron chi connectivity index (χ3n) is 4.79. The lowest BCUT2D eigenvalue weighted by Gasteiger charge is -2.35. The van der Waals surface area contributed by atoms with Crippen LogP contribution in [0.4, 0.5) is 0 Å². The molecule has 2 heteroatoms. The first-order valence-electron chi connectivity index (χ1n) is 8.52. The maximum absolute atomic E-state index is 5.62. The molecule has 1 aliphatic carbocycles. The molecule has 1 heterocycles. The molecule has 0 spiro atoms. The average Bonchev–Trinajstić information content (AvgIpc) is 2.56. The van der Waals surface area contributed by atoms with Crippen molar-refractivity contribution < 1.29 is 4.74 Å². The Labute approximate surface area is 128 Å². The zero-order valence-corrected chi connectivity index (χ0v) is 13.1. The van der Waals surface area contributed by atoms with Crippen molar-refractivity contribution >= 4 is 0 Å². The second-order valence-corrected chi connectivity index (χ2v) is 6.30. The van der Waals surface area contributed by atoms with Crippen LogP contribution < -0.4 is 5.32 Å². The minimum absolute atomic E-state index is 0.451. The number of ether oxygens (including phenoxy) is 1. The summed E-state index contributed by atoms with van der Waals surface area (Å²) in [7, 11) is 0. The van der Waals surface area contributed by atoms with Crippen molar-refractivity contribution in [3.63, 3.8) is 0 Å². The normalized spacial score (nSPS) is 22.9. The first-order chi connectivity index (χ1) is 10.4. The van der Waals surface area contributed by atoms with E-state index in [4.69, 9.17) is 4.74 Å². The Bertz CT molecular complexity index is 494. The Kier molecular flexibility index (Phi) is 4.97. The third-order valence-corrected chi connectivity index (χ3v) is 4.79. The molecule has 114 valence electrons. The van der Waals surface area contributed by atoms with Gasteiger partial charge in [-0.15, -0.1) is 0 Å². The molecule has 1 N–H and O–H groups in total. The van der Waals surface area contributed by atoms with Crippen LogP contribution in [0.2, 0.25) is 0 Å². The van der Waals surface area contributed by atoms with Crippen LogP contribution in [0.3, 0.4) is 0 Å². The molecule has 2 atom stereocenters. The van der Waals surface area contributed by atoms with E-state index >= 15 is 0 Å². The zero-order valence-electron chi connectivity index (χ0n) is 13.1. The van der Waals surface area contributed by atoms with E-state index in [0.717, 1.165) is 19.6 Å². The van der Waals surface area contributed by atoms with Crippen molar-refractivity contribution in [3.8, 4) is 0 Å². The van der Waals surface area contributed by atoms with Gasteiger partial charge in [0.05, 0.1) is 12.9 Å². The first kappa shape index (κ1) is 14.6. The molecule has 1 aliphatic heterocycles. The van der Waals surface area contributed by atoms with Crippen molar-refractivity contribution in [1.29, 1.82) is 0 Å². The number of rotatable bonds is 5. The molecule has 1 aromatic rings. The van der Waals surface area contributed by atoms with Gasteiger partial charge >= 0.3 is 0 Å². The first-order valence-corrected chi connectivity index (χ1v) is 8.52. The van der Waals surface area contributed by atoms with Gasteiger partial charge in [0.2, 0.25) is 0 Å². The average molecular weight is 285 g/mol. The quantitative estimate of drug-likeness (QED) is 0.876. The van der Waals surface area contributed by atoms with E-state index < -0.39 is 0 Å². The van der Waals surface area contributed by atoms with Crippen LogP contribution in [-0.2, 0) is 11.2 Å². The highest BCUT2D eigenvalue weighted by Crippen LogP contribution is 2.37. The fourth-order valence-corrected chi connectivity index (χ4v) is 3.78. The number of hydrogen-bond acceptors (Lipinski definition) is 2. The molecule has 0 saturated heterocycles. The molecule has 0 saturated carbocycles. The van der Waals surface area contributed by atoms with Crippen molar-refractivity contribution in [3.05, 3.63) is 47.2 Å². The smallest absolute Gasteiger partial charge is 0.0876 e. The number of benzene rings is 1. The molecule has 2 unspecified atom stereocenters. The minimum Gasteiger partial charge on any atom is -0.501 e. The van der Waals surface area contributed by atoms with Gasteiger partial charge in [-0.05, 0) is 61.8 Å². The van der Waals surface area contributed by atoms with E-state index in [1.54, 1.807) is 11.1 Å². The molecule has 2 aliphatic rings. The Morgan fingerprint density at radius 1 is 1.24 bits per heavy atom. The van der Waals surface area contributed by atoms with Crippen LogP contribution >= 0.6 is 0 Å². The molecule has 3 rings (SSSR count). The molecule has 0 bridgehead atoms. The monoisotopic (exact) mass is 285 g/mol. The molecular formula is C19H27NO. The van der Waals surface area contributed by atoms with E-state index in [2.05, 4.69) is 36.5 Å². The lowest BCUT2D eigenvalue weighted by Crippen LogP contribution is -2.39. The van der Waals surface area contributed by atoms with Crippen LogP contribution in [0.15, 0.2) is 36.1 Å². The standard InChI is InChI=1S/C19H27NO/c1-2-12-20-19(16-9-6-13-21-14-16)18-11-5-8-15-7-3-4-10-17(15)18/h3-4,7,10,14,18-20H,2,5-6,8-9,11-13H2,1H3. The summed E-state index contributed by atoms with van der Waals surface area (Å²) in [5.74, 6) is 0.606. The van der Waals surface area contributed by atoms with Gasteiger partial charge in [-0.3, -0.25) is 0 Å². The predicted molar refractivity (Wildman–Crippen MR) is 87.5 cm³/mol. The minimum atomic E-state index is 0.451. The number of fused-ring (bicyclic) bond motifs is 1. The molecule has 0 fully saturated rings. The lowest BCUT2D eigenvalue weighted by molar-refractivity contribution is 0.216. The van der Waals surface area contributed by atoms with Gasteiger partial charge in [0.25, 0.3) is 0 Å².